The lowest BCUT2D eigenvalue weighted by Gasteiger charge is -2.19. The van der Waals surface area contributed by atoms with Crippen LogP contribution in [0.3, 0.4) is 0 Å². The molecule has 126 valence electrons. The molecule has 2 N–H and O–H groups in total. The number of nitrogens with one attached hydrogen (secondary N) is 1. The number of benzene rings is 1. The minimum atomic E-state index is -4.75. The number of aliphatic carboxylic acids is 1. The summed E-state index contributed by atoms with van der Waals surface area (Å²) in [5.41, 5.74) is -0.301. The van der Waals surface area contributed by atoms with Crippen LogP contribution in [-0.2, 0) is 4.79 Å². The van der Waals surface area contributed by atoms with Gasteiger partial charge in [0.1, 0.15) is 5.82 Å². The third kappa shape index (κ3) is 3.84. The van der Waals surface area contributed by atoms with Crippen molar-refractivity contribution in [2.24, 2.45) is 11.8 Å². The van der Waals surface area contributed by atoms with E-state index in [1.54, 1.807) is 0 Å². The summed E-state index contributed by atoms with van der Waals surface area (Å²) in [5, 5.41) is 11.1. The third-order valence-corrected chi connectivity index (χ3v) is 3.75. The van der Waals surface area contributed by atoms with Crippen molar-refractivity contribution in [1.82, 2.24) is 4.90 Å². The molecule has 5 nitrogen and oxygen atoms in total. The Labute approximate surface area is 132 Å². The number of carbonyl (C=O) groups excluding carboxylic acids is 1. The van der Waals surface area contributed by atoms with Gasteiger partial charge >= 0.3 is 18.2 Å². The highest BCUT2D eigenvalue weighted by Gasteiger charge is 2.53. The van der Waals surface area contributed by atoms with Gasteiger partial charge in [0, 0.05) is 18.1 Å². The predicted molar refractivity (Wildman–Crippen MR) is 72.7 cm³/mol. The van der Waals surface area contributed by atoms with Crippen LogP contribution in [0.4, 0.5) is 28.0 Å². The molecule has 10 heteroatoms. The van der Waals surface area contributed by atoms with Gasteiger partial charge in [-0.05, 0) is 18.2 Å². The first-order valence-electron chi connectivity index (χ1n) is 6.40. The van der Waals surface area contributed by atoms with Crippen molar-refractivity contribution in [2.75, 3.05) is 18.4 Å². The monoisotopic (exact) mass is 354 g/mol. The van der Waals surface area contributed by atoms with Gasteiger partial charge < -0.3 is 15.3 Å². The van der Waals surface area contributed by atoms with Gasteiger partial charge in [-0.2, -0.15) is 13.2 Å². The van der Waals surface area contributed by atoms with E-state index in [9.17, 15) is 27.2 Å². The first-order valence-corrected chi connectivity index (χ1v) is 6.78. The molecule has 0 aromatic heterocycles. The van der Waals surface area contributed by atoms with Crippen LogP contribution in [0, 0.1) is 17.7 Å². The molecule has 1 aliphatic rings. The van der Waals surface area contributed by atoms with Crippen LogP contribution in [0.1, 0.15) is 0 Å². The molecule has 23 heavy (non-hydrogen) atoms. The van der Waals surface area contributed by atoms with Crippen molar-refractivity contribution < 1.29 is 32.3 Å². The van der Waals surface area contributed by atoms with Gasteiger partial charge in [0.2, 0.25) is 0 Å². The average Bonchev–Trinajstić information content (AvgIpc) is 2.88. The lowest BCUT2D eigenvalue weighted by molar-refractivity contribution is -0.187. The Morgan fingerprint density at radius 1 is 1.30 bits per heavy atom. The van der Waals surface area contributed by atoms with Gasteiger partial charge in [-0.3, -0.25) is 4.79 Å². The molecule has 2 amide bonds. The fourth-order valence-corrected chi connectivity index (χ4v) is 2.51. The van der Waals surface area contributed by atoms with E-state index in [4.69, 9.17) is 16.7 Å². The number of likely N-dealkylation sites (tertiary alicyclic amines) is 1. The third-order valence-electron chi connectivity index (χ3n) is 3.51. The molecule has 0 saturated carbocycles. The van der Waals surface area contributed by atoms with E-state index in [2.05, 4.69) is 5.32 Å². The standard InChI is InChI=1S/C13H11ClF4N2O3/c14-6-1-2-9(15)10(3-6)19-12(23)20-4-7(11(21)22)8(5-20)13(16,17)18/h1-3,7-8H,4-5H2,(H,19,23)(H,21,22)/t7-,8-/m1/s1. The number of amides is 2. The number of carboxylic acids is 1. The zero-order valence-electron chi connectivity index (χ0n) is 11.4. The van der Waals surface area contributed by atoms with Crippen molar-refractivity contribution in [1.29, 1.82) is 0 Å². The van der Waals surface area contributed by atoms with Crippen LogP contribution in [0.5, 0.6) is 0 Å². The van der Waals surface area contributed by atoms with E-state index < -0.39 is 48.9 Å². The molecular formula is C13H11ClF4N2O3. The second-order valence-corrected chi connectivity index (χ2v) is 5.49. The molecule has 0 radical (unpaired) electrons. The van der Waals surface area contributed by atoms with E-state index >= 15 is 0 Å². The Balaban J connectivity index is 2.14. The van der Waals surface area contributed by atoms with Crippen LogP contribution in [0.2, 0.25) is 5.02 Å². The van der Waals surface area contributed by atoms with Crippen LogP contribution in [0.25, 0.3) is 0 Å². The number of anilines is 1. The number of hydrogen-bond acceptors (Lipinski definition) is 2. The largest absolute Gasteiger partial charge is 0.481 e. The molecule has 1 fully saturated rings. The molecule has 0 unspecified atom stereocenters. The molecule has 2 atom stereocenters. The summed E-state index contributed by atoms with van der Waals surface area (Å²) < 4.78 is 52.1. The first kappa shape index (κ1) is 17.3. The Morgan fingerprint density at radius 2 is 1.96 bits per heavy atom. The fourth-order valence-electron chi connectivity index (χ4n) is 2.34. The maximum atomic E-state index is 13.5. The Kier molecular flexibility index (Phi) is 4.69. The second kappa shape index (κ2) is 6.23. The molecular weight excluding hydrogens is 344 g/mol. The maximum Gasteiger partial charge on any atom is 0.394 e. The van der Waals surface area contributed by atoms with Crippen LogP contribution >= 0.6 is 11.6 Å². The number of rotatable bonds is 2. The van der Waals surface area contributed by atoms with Crippen LogP contribution < -0.4 is 5.32 Å². The molecule has 0 spiro atoms. The molecule has 1 aromatic carbocycles. The Hall–Kier alpha value is -2.03. The van der Waals surface area contributed by atoms with Crippen molar-refractivity contribution in [3.05, 3.63) is 29.0 Å². The molecule has 1 aliphatic heterocycles. The lowest BCUT2D eigenvalue weighted by atomic mass is 9.96. The van der Waals surface area contributed by atoms with Gasteiger partial charge in [0.15, 0.2) is 0 Å². The van der Waals surface area contributed by atoms with Gasteiger partial charge in [-0.15, -0.1) is 0 Å². The molecule has 0 aliphatic carbocycles. The molecule has 0 bridgehead atoms. The lowest BCUT2D eigenvalue weighted by Crippen LogP contribution is -2.35. The molecule has 1 aromatic rings. The summed E-state index contributed by atoms with van der Waals surface area (Å²) in [5.74, 6) is -6.39. The SMILES string of the molecule is O=C(O)[C@@H]1CN(C(=O)Nc2cc(Cl)ccc2F)C[C@H]1C(F)(F)F. The van der Waals surface area contributed by atoms with Crippen LogP contribution in [0.15, 0.2) is 18.2 Å². The van der Waals surface area contributed by atoms with Crippen molar-refractivity contribution in [3.63, 3.8) is 0 Å². The summed E-state index contributed by atoms with van der Waals surface area (Å²) >= 11 is 5.65. The summed E-state index contributed by atoms with van der Waals surface area (Å²) in [6.07, 6.45) is -4.75. The number of halogens is 5. The number of carbonyl (C=O) groups is 2. The molecule has 1 heterocycles. The van der Waals surface area contributed by atoms with Gasteiger partial charge in [-0.1, -0.05) is 11.6 Å². The fraction of sp³-hybridized carbons (Fsp3) is 0.385. The topological polar surface area (TPSA) is 69.6 Å². The highest BCUT2D eigenvalue weighted by molar-refractivity contribution is 6.30. The van der Waals surface area contributed by atoms with Crippen molar-refractivity contribution in [3.8, 4) is 0 Å². The van der Waals surface area contributed by atoms with Crippen molar-refractivity contribution in [2.45, 2.75) is 6.18 Å². The summed E-state index contributed by atoms with van der Waals surface area (Å²) in [4.78, 5) is 23.6. The number of alkyl halides is 3. The summed E-state index contributed by atoms with van der Waals surface area (Å²) in [6.45, 7) is -1.43. The quantitative estimate of drug-likeness (QED) is 0.801. The van der Waals surface area contributed by atoms with Crippen molar-refractivity contribution >= 4 is 29.3 Å². The predicted octanol–water partition coefficient (Wildman–Crippen LogP) is 3.21. The zero-order valence-corrected chi connectivity index (χ0v) is 12.2. The summed E-state index contributed by atoms with van der Waals surface area (Å²) in [7, 11) is 0. The second-order valence-electron chi connectivity index (χ2n) is 5.05. The Bertz CT molecular complexity index is 638. The Morgan fingerprint density at radius 3 is 2.48 bits per heavy atom. The highest BCUT2D eigenvalue weighted by Crippen LogP contribution is 2.38. The normalized spacial score (nSPS) is 21.3. The minimum absolute atomic E-state index is 0.125. The van der Waals surface area contributed by atoms with E-state index in [-0.39, 0.29) is 10.7 Å². The highest BCUT2D eigenvalue weighted by atomic mass is 35.5. The number of hydrogen-bond donors (Lipinski definition) is 2. The maximum absolute atomic E-state index is 13.5. The number of urea groups is 1. The number of nitrogens with zero attached hydrogens (tertiary/aromatic N) is 1. The molecule has 2 rings (SSSR count). The van der Waals surface area contributed by atoms with E-state index in [1.165, 1.54) is 6.07 Å². The van der Waals surface area contributed by atoms with Crippen LogP contribution in [-0.4, -0.2) is 41.3 Å². The molecule has 1 saturated heterocycles. The minimum Gasteiger partial charge on any atom is -0.481 e. The smallest absolute Gasteiger partial charge is 0.394 e. The van der Waals surface area contributed by atoms with Gasteiger partial charge in [0.05, 0.1) is 17.5 Å². The first-order chi connectivity index (χ1) is 10.6. The zero-order chi connectivity index (χ0) is 17.4. The van der Waals surface area contributed by atoms with E-state index in [0.29, 0.717) is 4.90 Å². The summed E-state index contributed by atoms with van der Waals surface area (Å²) in [6, 6.07) is 2.30. The van der Waals surface area contributed by atoms with Gasteiger partial charge in [-0.25, -0.2) is 9.18 Å². The van der Waals surface area contributed by atoms with Gasteiger partial charge in [0.25, 0.3) is 0 Å². The van der Waals surface area contributed by atoms with E-state index in [0.717, 1.165) is 12.1 Å². The average molecular weight is 355 g/mol. The van der Waals surface area contributed by atoms with E-state index in [1.807, 2.05) is 0 Å². The number of carboxylic acid groups (broad SMARTS) is 1.